The molecule has 3 aliphatic heterocycles. The average Bonchev–Trinajstić information content (AvgIpc) is 4.10. The molecule has 0 bridgehead atoms. The van der Waals surface area contributed by atoms with Crippen LogP contribution >= 0.6 is 0 Å². The topological polar surface area (TPSA) is 171 Å². The van der Waals surface area contributed by atoms with Gasteiger partial charge in [0.2, 0.25) is 33.3 Å². The molecule has 0 radical (unpaired) electrons. The van der Waals surface area contributed by atoms with Gasteiger partial charge in [0.25, 0.3) is 0 Å². The predicted octanol–water partition coefficient (Wildman–Crippen LogP) is 7.07. The number of nitrogens with one attached hydrogen (secondary N) is 1. The third kappa shape index (κ3) is 10.1. The average molecular weight is 933 g/mol. The second-order valence-electron chi connectivity index (χ2n) is 20.1. The van der Waals surface area contributed by atoms with E-state index in [1.165, 1.54) is 4.90 Å². The van der Waals surface area contributed by atoms with Crippen LogP contribution in [0.5, 0.6) is 11.6 Å². The Morgan fingerprint density at radius 3 is 2.35 bits per heavy atom. The number of carbonyl (C=O) groups is 4. The monoisotopic (exact) mass is 932 g/mol. The van der Waals surface area contributed by atoms with Crippen molar-refractivity contribution in [2.75, 3.05) is 31.6 Å². The lowest BCUT2D eigenvalue weighted by Crippen LogP contribution is -2.48. The van der Waals surface area contributed by atoms with Crippen LogP contribution in [0.1, 0.15) is 106 Å². The minimum Gasteiger partial charge on any atom is -0.497 e. The highest BCUT2D eigenvalue weighted by Gasteiger charge is 2.63. The van der Waals surface area contributed by atoms with E-state index in [0.717, 1.165) is 24.9 Å². The van der Waals surface area contributed by atoms with Crippen LogP contribution in [0, 0.1) is 29.1 Å². The molecule has 2 saturated heterocycles. The number of esters is 1. The van der Waals surface area contributed by atoms with Crippen molar-refractivity contribution in [3.8, 4) is 11.6 Å². The van der Waals surface area contributed by atoms with E-state index in [1.807, 2.05) is 45.1 Å². The van der Waals surface area contributed by atoms with Crippen LogP contribution < -0.4 is 19.1 Å². The van der Waals surface area contributed by atoms with Crippen molar-refractivity contribution in [3.63, 3.8) is 0 Å². The lowest BCUT2D eigenvalue weighted by atomic mass is 9.82. The predicted molar refractivity (Wildman–Crippen MR) is 236 cm³/mol. The molecule has 2 aromatic rings. The molecule has 0 spiro atoms. The number of fused-ring (bicyclic) bond motifs is 3. The maximum absolute atomic E-state index is 15.1. The molecular weight excluding hydrogens is 870 g/mol. The number of ketones is 1. The second kappa shape index (κ2) is 18.0. The van der Waals surface area contributed by atoms with Crippen molar-refractivity contribution in [1.29, 1.82) is 0 Å². The minimum atomic E-state index is -4.88. The number of nitrogens with zero attached hydrogens (tertiary/aromatic N) is 3. The first-order chi connectivity index (χ1) is 30.4. The summed E-state index contributed by atoms with van der Waals surface area (Å²) in [5, 5.41) is 1.43. The Bertz CT molecular complexity index is 2310. The number of hydrogen-bond acceptors (Lipinski definition) is 12. The van der Waals surface area contributed by atoms with Crippen molar-refractivity contribution in [3.05, 3.63) is 36.5 Å². The molecule has 358 valence electrons. The lowest BCUT2D eigenvalue weighted by molar-refractivity contribution is -0.257. The standard InChI is InChI=1S/C47H63F3N4O10S/c1-27-11-9-10-12-31-21-46(31,43(58)52-65(59,60)45(7)15-16-45)22-39(55)37-19-33(26-54(37)42(57)35(28(2)17-27)20-40(56)64-44(5,6)47(48,49)50)63-41-34-14-13-32(61-8)18-36(34)38(23-51-41)53-24-29(3)62-30(4)25-53/h10,12-14,18,23,27-31,33,35,37H,9,11,15-17,19-22,24-26H2,1-8H3,(H,52,58)/b12-10-/t27-,28-,29-,30+,31-,33-,35+,37+,46-/m1/s1. The molecule has 9 atom stereocenters. The fourth-order valence-corrected chi connectivity index (χ4v) is 11.2. The number of pyridine rings is 1. The van der Waals surface area contributed by atoms with Crippen molar-refractivity contribution in [2.45, 2.75) is 147 Å². The summed E-state index contributed by atoms with van der Waals surface area (Å²) in [6, 6.07) is 4.29. The highest BCUT2D eigenvalue weighted by atomic mass is 32.2. The van der Waals surface area contributed by atoms with E-state index in [1.54, 1.807) is 33.2 Å². The minimum absolute atomic E-state index is 0.00586. The Kier molecular flexibility index (Phi) is 13.4. The van der Waals surface area contributed by atoms with Crippen LogP contribution in [-0.4, -0.2) is 109 Å². The summed E-state index contributed by atoms with van der Waals surface area (Å²) in [6.07, 6.45) is 1.30. The molecular formula is C47H63F3N4O10S. The molecule has 2 saturated carbocycles. The van der Waals surface area contributed by atoms with Gasteiger partial charge in [0.1, 0.15) is 11.9 Å². The first-order valence-corrected chi connectivity index (χ1v) is 24.2. The van der Waals surface area contributed by atoms with E-state index in [2.05, 4.69) is 9.62 Å². The molecule has 7 rings (SSSR count). The Hall–Kier alpha value is -4.45. The molecule has 4 heterocycles. The number of morpholine rings is 1. The van der Waals surface area contributed by atoms with Gasteiger partial charge < -0.3 is 28.7 Å². The number of sulfonamides is 1. The van der Waals surface area contributed by atoms with Crippen LogP contribution in [0.25, 0.3) is 10.8 Å². The number of alkyl halides is 3. The van der Waals surface area contributed by atoms with Gasteiger partial charge in [0.15, 0.2) is 5.78 Å². The molecule has 5 aliphatic rings. The number of ether oxygens (including phenoxy) is 4. The van der Waals surface area contributed by atoms with E-state index < -0.39 is 91.8 Å². The smallest absolute Gasteiger partial charge is 0.427 e. The summed E-state index contributed by atoms with van der Waals surface area (Å²) in [4.78, 5) is 65.7. The van der Waals surface area contributed by atoms with Gasteiger partial charge in [-0.25, -0.2) is 13.4 Å². The summed E-state index contributed by atoms with van der Waals surface area (Å²) in [5.41, 5.74) is -3.39. The molecule has 1 aromatic carbocycles. The van der Waals surface area contributed by atoms with Crippen LogP contribution in [0.3, 0.4) is 0 Å². The van der Waals surface area contributed by atoms with E-state index in [-0.39, 0.29) is 49.8 Å². The van der Waals surface area contributed by atoms with Gasteiger partial charge in [-0.3, -0.25) is 23.9 Å². The number of Topliss-reactive ketones (excluding diaryl/α,β-unsaturated/α-hetero) is 1. The lowest BCUT2D eigenvalue weighted by Gasteiger charge is -2.37. The SMILES string of the molecule is COc1ccc2c(O[C@@H]3C[C@H]4C(=O)C[C@]5(C(=O)NS(=O)(=O)C6(C)CC6)C[C@H]5/C=C\CC[C@@H](C)C[C@@H](C)[C@H](CC(=O)OC(C)(C)C(F)(F)F)C(=O)N4C3)ncc(N3C[C@@H](C)O[C@@H](C)C3)c2c1. The first kappa shape index (κ1) is 48.5. The summed E-state index contributed by atoms with van der Waals surface area (Å²) in [5.74, 6) is -4.42. The zero-order valence-electron chi connectivity index (χ0n) is 38.5. The number of allylic oxidation sites excluding steroid dienone is 2. The van der Waals surface area contributed by atoms with Crippen LogP contribution in [0.15, 0.2) is 36.5 Å². The third-order valence-electron chi connectivity index (χ3n) is 14.3. The van der Waals surface area contributed by atoms with Gasteiger partial charge in [-0.2, -0.15) is 13.2 Å². The third-order valence-corrected chi connectivity index (χ3v) is 16.5. The number of methoxy groups -OCH3 is 1. The number of aromatic nitrogens is 1. The number of anilines is 1. The summed E-state index contributed by atoms with van der Waals surface area (Å²) in [6.45, 7) is 11.9. The van der Waals surface area contributed by atoms with Crippen LogP contribution in [0.4, 0.5) is 18.9 Å². The highest BCUT2D eigenvalue weighted by Crippen LogP contribution is 2.58. The molecule has 65 heavy (non-hydrogen) atoms. The number of amides is 2. The summed E-state index contributed by atoms with van der Waals surface area (Å²) in [7, 11) is -2.48. The molecule has 4 fully saturated rings. The van der Waals surface area contributed by atoms with Gasteiger partial charge in [0.05, 0.1) is 66.3 Å². The van der Waals surface area contributed by atoms with Gasteiger partial charge in [-0.05, 0) is 109 Å². The molecule has 1 N–H and O–H groups in total. The maximum Gasteiger partial charge on any atom is 0.427 e. The van der Waals surface area contributed by atoms with Gasteiger partial charge in [-0.15, -0.1) is 0 Å². The second-order valence-corrected chi connectivity index (χ2v) is 22.3. The Labute approximate surface area is 379 Å². The molecule has 0 unspecified atom stereocenters. The number of rotatable bonds is 10. The van der Waals surface area contributed by atoms with Crippen molar-refractivity contribution in [1.82, 2.24) is 14.6 Å². The van der Waals surface area contributed by atoms with Crippen molar-refractivity contribution >= 4 is 50.1 Å². The van der Waals surface area contributed by atoms with E-state index in [9.17, 15) is 36.0 Å². The molecule has 1 aromatic heterocycles. The van der Waals surface area contributed by atoms with E-state index >= 15 is 4.79 Å². The molecule has 2 aliphatic carbocycles. The normalized spacial score (nSPS) is 31.5. The molecule has 2 amide bonds. The fraction of sp³-hybridized carbons (Fsp3) is 0.681. The Balaban J connectivity index is 1.24. The Morgan fingerprint density at radius 2 is 1.71 bits per heavy atom. The van der Waals surface area contributed by atoms with Crippen LogP contribution in [0.2, 0.25) is 0 Å². The van der Waals surface area contributed by atoms with Crippen molar-refractivity contribution in [2.24, 2.45) is 29.1 Å². The Morgan fingerprint density at radius 1 is 1.02 bits per heavy atom. The molecule has 18 heteroatoms. The number of hydrogen-bond donors (Lipinski definition) is 1. The van der Waals surface area contributed by atoms with E-state index in [0.29, 0.717) is 56.3 Å². The van der Waals surface area contributed by atoms with E-state index in [4.69, 9.17) is 23.9 Å². The quantitative estimate of drug-likeness (QED) is 0.190. The largest absolute Gasteiger partial charge is 0.497 e. The van der Waals surface area contributed by atoms with Crippen molar-refractivity contribution < 1.29 is 59.7 Å². The maximum atomic E-state index is 15.1. The number of carbonyl (C=O) groups excluding carboxylic acids is 4. The zero-order chi connectivity index (χ0) is 47.4. The number of benzene rings is 1. The molecule has 14 nitrogen and oxygen atoms in total. The zero-order valence-corrected chi connectivity index (χ0v) is 39.4. The fourth-order valence-electron chi connectivity index (χ4n) is 9.83. The number of halogens is 3. The first-order valence-electron chi connectivity index (χ1n) is 22.8. The van der Waals surface area contributed by atoms with Crippen LogP contribution in [-0.2, 0) is 38.7 Å². The van der Waals surface area contributed by atoms with Gasteiger partial charge in [-0.1, -0.05) is 26.0 Å². The highest BCUT2D eigenvalue weighted by molar-refractivity contribution is 7.91. The van der Waals surface area contributed by atoms with Gasteiger partial charge >= 0.3 is 12.1 Å². The summed E-state index contributed by atoms with van der Waals surface area (Å²) >= 11 is 0. The van der Waals surface area contributed by atoms with Gasteiger partial charge in [0, 0.05) is 36.7 Å². The summed E-state index contributed by atoms with van der Waals surface area (Å²) < 4.78 is 92.7.